The number of Topliss-reactive ketones (excluding diaryl/α,β-unsaturated/α-hetero) is 1. The highest BCUT2D eigenvalue weighted by Gasteiger charge is 2.13. The van der Waals surface area contributed by atoms with Gasteiger partial charge in [-0.05, 0) is 44.0 Å². The molecule has 0 aliphatic rings. The molecule has 2 rings (SSSR count). The van der Waals surface area contributed by atoms with Crippen LogP contribution in [0.2, 0.25) is 0 Å². The predicted molar refractivity (Wildman–Crippen MR) is 94.4 cm³/mol. The van der Waals surface area contributed by atoms with Crippen molar-refractivity contribution in [3.63, 3.8) is 0 Å². The maximum Gasteiger partial charge on any atom is 0.344 e. The minimum atomic E-state index is -0.587. The van der Waals surface area contributed by atoms with Gasteiger partial charge in [-0.2, -0.15) is 0 Å². The molecule has 5 heteroatoms. The first-order chi connectivity index (χ1) is 11.9. The van der Waals surface area contributed by atoms with Gasteiger partial charge in [0.2, 0.25) is 0 Å². The van der Waals surface area contributed by atoms with Crippen molar-refractivity contribution in [3.05, 3.63) is 58.7 Å². The number of esters is 1. The quantitative estimate of drug-likeness (QED) is 0.570. The number of hydrogen-bond donors (Lipinski definition) is 0. The highest BCUT2D eigenvalue weighted by Crippen LogP contribution is 2.24. The van der Waals surface area contributed by atoms with Crippen molar-refractivity contribution in [3.8, 4) is 11.5 Å². The van der Waals surface area contributed by atoms with E-state index in [9.17, 15) is 9.59 Å². The van der Waals surface area contributed by atoms with Gasteiger partial charge in [0.05, 0.1) is 7.11 Å². The van der Waals surface area contributed by atoms with E-state index in [2.05, 4.69) is 0 Å². The van der Waals surface area contributed by atoms with Crippen LogP contribution in [0, 0.1) is 20.8 Å². The maximum atomic E-state index is 12.1. The summed E-state index contributed by atoms with van der Waals surface area (Å²) in [5, 5.41) is 0. The molecular formula is C20H22O5. The molecule has 25 heavy (non-hydrogen) atoms. The van der Waals surface area contributed by atoms with E-state index in [0.717, 1.165) is 16.7 Å². The number of carbonyl (C=O) groups excluding carboxylic acids is 2. The van der Waals surface area contributed by atoms with Crippen molar-refractivity contribution in [2.24, 2.45) is 0 Å². The molecule has 0 atom stereocenters. The van der Waals surface area contributed by atoms with Crippen LogP contribution in [0.5, 0.6) is 11.5 Å². The molecule has 0 unspecified atom stereocenters. The van der Waals surface area contributed by atoms with Crippen LogP contribution in [0.3, 0.4) is 0 Å². The fourth-order valence-electron chi connectivity index (χ4n) is 2.59. The van der Waals surface area contributed by atoms with Gasteiger partial charge in [0, 0.05) is 5.56 Å². The highest BCUT2D eigenvalue weighted by atomic mass is 16.6. The summed E-state index contributed by atoms with van der Waals surface area (Å²) in [5.41, 5.74) is 3.47. The average molecular weight is 342 g/mol. The molecule has 0 aliphatic carbocycles. The summed E-state index contributed by atoms with van der Waals surface area (Å²) in [6.07, 6.45) is 0. The number of rotatable bonds is 7. The summed E-state index contributed by atoms with van der Waals surface area (Å²) in [6, 6.07) is 10.7. The number of benzene rings is 2. The molecule has 0 aliphatic heterocycles. The maximum absolute atomic E-state index is 12.1. The largest absolute Gasteiger partial charge is 0.497 e. The van der Waals surface area contributed by atoms with Gasteiger partial charge < -0.3 is 14.2 Å². The Morgan fingerprint density at radius 1 is 0.960 bits per heavy atom. The summed E-state index contributed by atoms with van der Waals surface area (Å²) >= 11 is 0. The van der Waals surface area contributed by atoms with E-state index >= 15 is 0 Å². The van der Waals surface area contributed by atoms with Gasteiger partial charge in [-0.15, -0.1) is 0 Å². The lowest BCUT2D eigenvalue weighted by atomic mass is 10.1. The normalized spacial score (nSPS) is 10.2. The lowest BCUT2D eigenvalue weighted by molar-refractivity contribution is -0.144. The van der Waals surface area contributed by atoms with E-state index in [4.69, 9.17) is 14.2 Å². The molecule has 132 valence electrons. The second-order valence-corrected chi connectivity index (χ2v) is 5.83. The Bertz CT molecular complexity index is 756. The molecule has 5 nitrogen and oxygen atoms in total. The molecule has 0 saturated heterocycles. The van der Waals surface area contributed by atoms with Gasteiger partial charge in [-0.25, -0.2) is 4.79 Å². The molecular weight excluding hydrogens is 320 g/mol. The number of carbonyl (C=O) groups is 2. The van der Waals surface area contributed by atoms with E-state index in [-0.39, 0.29) is 19.0 Å². The van der Waals surface area contributed by atoms with Crippen molar-refractivity contribution in [1.29, 1.82) is 0 Å². The second kappa shape index (κ2) is 8.33. The van der Waals surface area contributed by atoms with E-state index < -0.39 is 5.97 Å². The highest BCUT2D eigenvalue weighted by molar-refractivity contribution is 5.98. The van der Waals surface area contributed by atoms with Crippen LogP contribution in [0.4, 0.5) is 0 Å². The molecule has 0 radical (unpaired) electrons. The summed E-state index contributed by atoms with van der Waals surface area (Å²) in [7, 11) is 1.52. The Balaban J connectivity index is 1.87. The smallest absolute Gasteiger partial charge is 0.344 e. The molecule has 0 spiro atoms. The molecule has 0 N–H and O–H groups in total. The number of aryl methyl sites for hydroxylation is 3. The number of methoxy groups -OCH3 is 1. The molecule has 2 aromatic carbocycles. The first kappa shape index (κ1) is 18.5. The third-order valence-corrected chi connectivity index (χ3v) is 3.69. The first-order valence-electron chi connectivity index (χ1n) is 7.94. The van der Waals surface area contributed by atoms with Crippen molar-refractivity contribution < 1.29 is 23.8 Å². The minimum absolute atomic E-state index is 0.240. The fourth-order valence-corrected chi connectivity index (χ4v) is 2.59. The number of ketones is 1. The molecule has 0 heterocycles. The van der Waals surface area contributed by atoms with Gasteiger partial charge in [-0.1, -0.05) is 29.8 Å². The lowest BCUT2D eigenvalue weighted by Gasteiger charge is -2.12. The molecule has 0 bridgehead atoms. The van der Waals surface area contributed by atoms with Crippen molar-refractivity contribution >= 4 is 11.8 Å². The Hall–Kier alpha value is -2.82. The second-order valence-electron chi connectivity index (χ2n) is 5.83. The Kier molecular flexibility index (Phi) is 6.17. The molecule has 0 saturated carbocycles. The van der Waals surface area contributed by atoms with E-state index in [0.29, 0.717) is 17.1 Å². The Morgan fingerprint density at radius 2 is 1.64 bits per heavy atom. The zero-order valence-corrected chi connectivity index (χ0v) is 14.9. The summed E-state index contributed by atoms with van der Waals surface area (Å²) in [6.45, 7) is 5.28. The van der Waals surface area contributed by atoms with Crippen LogP contribution in [-0.2, 0) is 9.53 Å². The third kappa shape index (κ3) is 5.08. The summed E-state index contributed by atoms with van der Waals surface area (Å²) < 4.78 is 15.6. The van der Waals surface area contributed by atoms with E-state index in [1.165, 1.54) is 7.11 Å². The first-order valence-corrected chi connectivity index (χ1v) is 7.94. The van der Waals surface area contributed by atoms with Crippen LogP contribution >= 0.6 is 0 Å². The van der Waals surface area contributed by atoms with Crippen LogP contribution in [0.1, 0.15) is 27.0 Å². The molecule has 0 fully saturated rings. The van der Waals surface area contributed by atoms with E-state index in [1.54, 1.807) is 24.3 Å². The SMILES string of the molecule is COc1cccc(C(=O)COC(=O)COc2c(C)cc(C)cc2C)c1. The van der Waals surface area contributed by atoms with Gasteiger partial charge in [0.15, 0.2) is 19.0 Å². The van der Waals surface area contributed by atoms with Gasteiger partial charge >= 0.3 is 5.97 Å². The zero-order chi connectivity index (χ0) is 18.4. The number of ether oxygens (including phenoxy) is 3. The summed E-state index contributed by atoms with van der Waals surface area (Å²) in [5.74, 6) is 0.359. The van der Waals surface area contributed by atoms with Crippen molar-refractivity contribution in [2.45, 2.75) is 20.8 Å². The van der Waals surface area contributed by atoms with Crippen molar-refractivity contribution in [1.82, 2.24) is 0 Å². The Labute approximate surface area is 147 Å². The summed E-state index contributed by atoms with van der Waals surface area (Å²) in [4.78, 5) is 23.9. The van der Waals surface area contributed by atoms with Crippen LogP contribution in [-0.4, -0.2) is 32.1 Å². The lowest BCUT2D eigenvalue weighted by Crippen LogP contribution is -2.20. The van der Waals surface area contributed by atoms with Gasteiger partial charge in [0.25, 0.3) is 0 Å². The Morgan fingerprint density at radius 3 is 2.28 bits per heavy atom. The van der Waals surface area contributed by atoms with Crippen molar-refractivity contribution in [2.75, 3.05) is 20.3 Å². The molecule has 0 aromatic heterocycles. The zero-order valence-electron chi connectivity index (χ0n) is 14.9. The van der Waals surface area contributed by atoms with Gasteiger partial charge in [-0.3, -0.25) is 4.79 Å². The van der Waals surface area contributed by atoms with E-state index in [1.807, 2.05) is 32.9 Å². The van der Waals surface area contributed by atoms with Crippen LogP contribution in [0.25, 0.3) is 0 Å². The van der Waals surface area contributed by atoms with Crippen LogP contribution in [0.15, 0.2) is 36.4 Å². The molecule has 0 amide bonds. The third-order valence-electron chi connectivity index (χ3n) is 3.69. The fraction of sp³-hybridized carbons (Fsp3) is 0.300. The van der Waals surface area contributed by atoms with Crippen LogP contribution < -0.4 is 9.47 Å². The topological polar surface area (TPSA) is 61.8 Å². The predicted octanol–water partition coefficient (Wildman–Crippen LogP) is 3.43. The number of hydrogen-bond acceptors (Lipinski definition) is 5. The minimum Gasteiger partial charge on any atom is -0.497 e. The van der Waals surface area contributed by atoms with Gasteiger partial charge in [0.1, 0.15) is 11.5 Å². The molecule has 2 aromatic rings. The average Bonchev–Trinajstić information content (AvgIpc) is 2.58. The monoisotopic (exact) mass is 342 g/mol. The standard InChI is InChI=1S/C20H22O5/c1-13-8-14(2)20(15(3)9-13)25-12-19(22)24-11-18(21)16-6-5-7-17(10-16)23-4/h5-10H,11-12H2,1-4H3.